The van der Waals surface area contributed by atoms with Gasteiger partial charge in [-0.05, 0) is 0 Å². The first kappa shape index (κ1) is 5.57. The van der Waals surface area contributed by atoms with Crippen LogP contribution >= 0.6 is 44.0 Å². The van der Waals surface area contributed by atoms with Crippen molar-refractivity contribution in [1.82, 2.24) is 0 Å². The summed E-state index contributed by atoms with van der Waals surface area (Å²) < 4.78 is 0.414. The molecular formula is H3BIPS. The summed E-state index contributed by atoms with van der Waals surface area (Å²) in [5, 5.41) is 0. The topological polar surface area (TPSA) is 0 Å². The minimum atomic E-state index is 0.414. The molecule has 0 amide bonds. The molecule has 0 rings (SSSR count). The molecule has 4 heavy (non-hydrogen) atoms. The standard InChI is InChI=1S/BH3IPS/c2-1(3)4/h4H,3H2. The second-order valence-electron chi connectivity index (χ2n) is 0.373. The second-order valence-corrected chi connectivity index (χ2v) is 5.84. The van der Waals surface area contributed by atoms with Crippen LogP contribution in [0.1, 0.15) is 0 Å². The maximum absolute atomic E-state index is 3.92. The van der Waals surface area contributed by atoms with Crippen LogP contribution < -0.4 is 0 Å². The van der Waals surface area contributed by atoms with Crippen LogP contribution in [0.2, 0.25) is 0 Å². The second kappa shape index (κ2) is 2.79. The Kier molecular flexibility index (Phi) is 3.89. The smallest absolute Gasteiger partial charge is 0.209 e. The van der Waals surface area contributed by atoms with Crippen LogP contribution in [0.15, 0.2) is 0 Å². The molecule has 24 valence electrons. The van der Waals surface area contributed by atoms with Crippen molar-refractivity contribution >= 4 is 47.5 Å². The third-order valence-electron chi connectivity index (χ3n) is 0. The summed E-state index contributed by atoms with van der Waals surface area (Å²) in [6.07, 6.45) is 0. The molecule has 0 saturated carbocycles. The van der Waals surface area contributed by atoms with Crippen molar-refractivity contribution in [2.75, 3.05) is 0 Å². The minimum absolute atomic E-state index is 0.414. The Bertz CT molecular complexity index is 12.8. The lowest BCUT2D eigenvalue weighted by Gasteiger charge is -1.68. The molecule has 0 N–H and O–H groups in total. The van der Waals surface area contributed by atoms with E-state index in [1.54, 1.807) is 0 Å². The molecule has 0 bridgehead atoms. The molecule has 0 heterocycles. The Morgan fingerprint density at radius 3 is 2.00 bits per heavy atom. The quantitative estimate of drug-likeness (QED) is 0.260. The van der Waals surface area contributed by atoms with Gasteiger partial charge in [0.15, 0.2) is 0 Å². The average Bonchev–Trinajstić information content (AvgIpc) is 0.811. The fourth-order valence-electron chi connectivity index (χ4n) is 0. The predicted molar refractivity (Wildman–Crippen MR) is 38.5 cm³/mol. The van der Waals surface area contributed by atoms with Crippen molar-refractivity contribution in [2.45, 2.75) is 0 Å². The summed E-state index contributed by atoms with van der Waals surface area (Å²) in [7, 11) is 2.51. The van der Waals surface area contributed by atoms with Crippen LogP contribution in [0, 0.1) is 0 Å². The third-order valence-corrected chi connectivity index (χ3v) is 0. The highest BCUT2D eigenvalue weighted by Crippen LogP contribution is 2.05. The van der Waals surface area contributed by atoms with Gasteiger partial charge in [-0.3, -0.25) is 0 Å². The van der Waals surface area contributed by atoms with Crippen molar-refractivity contribution in [1.29, 1.82) is 0 Å². The van der Waals surface area contributed by atoms with Crippen molar-refractivity contribution in [3.05, 3.63) is 0 Å². The maximum Gasteiger partial charge on any atom is 0.299 e. The normalized spacial score (nSPS) is 6.75. The Morgan fingerprint density at radius 2 is 2.00 bits per heavy atom. The lowest BCUT2D eigenvalue weighted by Crippen LogP contribution is -1.62. The number of thiol groups is 1. The molecule has 0 fully saturated rings. The summed E-state index contributed by atoms with van der Waals surface area (Å²) in [4.78, 5) is 0. The van der Waals surface area contributed by atoms with Crippen LogP contribution in [0.4, 0.5) is 0 Å². The molecule has 1 unspecified atom stereocenters. The van der Waals surface area contributed by atoms with Gasteiger partial charge in [0.2, 0.25) is 0 Å². The first-order valence-corrected chi connectivity index (χ1v) is 3.24. The van der Waals surface area contributed by atoms with E-state index in [1.807, 2.05) is 0 Å². The Hall–Kier alpha value is 1.57. The van der Waals surface area contributed by atoms with Crippen molar-refractivity contribution in [3.63, 3.8) is 0 Å². The van der Waals surface area contributed by atoms with Gasteiger partial charge in [-0.25, -0.2) is 12.5 Å². The van der Waals surface area contributed by atoms with E-state index < -0.39 is 0 Å². The lowest BCUT2D eigenvalue weighted by atomic mass is 10.7. The van der Waals surface area contributed by atoms with Gasteiger partial charge in [0.1, 0.15) is 0 Å². The molecule has 0 aromatic heterocycles. The van der Waals surface area contributed by atoms with Crippen LogP contribution in [-0.4, -0.2) is 3.57 Å². The Balaban J connectivity index is 2.32. The average molecular weight is 204 g/mol. The van der Waals surface area contributed by atoms with Gasteiger partial charge in [-0.2, -0.15) is 0 Å². The summed E-state index contributed by atoms with van der Waals surface area (Å²) in [6, 6.07) is 0. The van der Waals surface area contributed by atoms with E-state index in [1.165, 1.54) is 0 Å². The molecule has 0 radical (unpaired) electrons. The first-order chi connectivity index (χ1) is 1.73. The van der Waals surface area contributed by atoms with E-state index >= 15 is 0 Å². The lowest BCUT2D eigenvalue weighted by molar-refractivity contribution is 4.81. The molecule has 0 aliphatic rings. The molecule has 0 aliphatic carbocycles. The zero-order chi connectivity index (χ0) is 3.58. The van der Waals surface area contributed by atoms with Crippen LogP contribution in [0.3, 0.4) is 0 Å². The fourth-order valence-corrected chi connectivity index (χ4v) is 0. The van der Waals surface area contributed by atoms with Gasteiger partial charge in [-0.1, -0.05) is 0 Å². The number of halogens is 1. The molecule has 0 aliphatic heterocycles. The zero-order valence-corrected chi connectivity index (χ0v) is 6.19. The first-order valence-electron chi connectivity index (χ1n) is 0.810. The number of hydrogen-bond donors (Lipinski definition) is 1. The van der Waals surface area contributed by atoms with Crippen LogP contribution in [0.25, 0.3) is 0 Å². The molecular weight excluding hydrogens is 201 g/mol. The Labute approximate surface area is 47.5 Å². The van der Waals surface area contributed by atoms with Crippen LogP contribution in [0.5, 0.6) is 0 Å². The largest absolute Gasteiger partial charge is 0.299 e. The van der Waals surface area contributed by atoms with E-state index in [4.69, 9.17) is 0 Å². The third kappa shape index (κ3) is 9.56. The minimum Gasteiger partial charge on any atom is -0.209 e. The highest BCUT2D eigenvalue weighted by Gasteiger charge is 1.82. The summed E-state index contributed by atoms with van der Waals surface area (Å²) in [5.74, 6) is 0. The van der Waals surface area contributed by atoms with Crippen molar-refractivity contribution < 1.29 is 0 Å². The van der Waals surface area contributed by atoms with E-state index in [0.29, 0.717) is 3.57 Å². The van der Waals surface area contributed by atoms with E-state index in [0.717, 1.165) is 0 Å². The molecule has 0 nitrogen and oxygen atoms in total. The van der Waals surface area contributed by atoms with E-state index in [9.17, 15) is 0 Å². The van der Waals surface area contributed by atoms with Gasteiger partial charge >= 0.3 is 0 Å². The highest BCUT2D eigenvalue weighted by atomic mass is 127. The predicted octanol–water partition coefficient (Wildman–Crippen LogP) is 1.21. The molecule has 0 saturated heterocycles. The Morgan fingerprint density at radius 1 is 2.00 bits per heavy atom. The molecule has 1 atom stereocenters. The summed E-state index contributed by atoms with van der Waals surface area (Å²) in [5.41, 5.74) is 0. The summed E-state index contributed by atoms with van der Waals surface area (Å²) in [6.45, 7) is 0. The fraction of sp³-hybridized carbons (Fsp3) is 0. The van der Waals surface area contributed by atoms with Crippen molar-refractivity contribution in [2.24, 2.45) is 0 Å². The van der Waals surface area contributed by atoms with Crippen LogP contribution in [-0.2, 0) is 0 Å². The molecule has 0 aromatic carbocycles. The number of rotatable bonds is 0. The maximum atomic E-state index is 3.92. The zero-order valence-electron chi connectivity index (χ0n) is 1.98. The summed E-state index contributed by atoms with van der Waals surface area (Å²) >= 11 is 6.09. The molecule has 0 aromatic rings. The monoisotopic (exact) mass is 204 g/mol. The van der Waals surface area contributed by atoms with E-state index in [2.05, 4.69) is 44.0 Å². The molecule has 4 heteroatoms. The van der Waals surface area contributed by atoms with Gasteiger partial charge in [-0.15, -0.1) is 31.5 Å². The van der Waals surface area contributed by atoms with Gasteiger partial charge < -0.3 is 0 Å². The SMILES string of the molecule is PB(S)I. The van der Waals surface area contributed by atoms with Gasteiger partial charge in [0, 0.05) is 0 Å². The number of hydrogen-bond acceptors (Lipinski definition) is 1. The highest BCUT2D eigenvalue weighted by molar-refractivity contribution is 14.1. The van der Waals surface area contributed by atoms with Gasteiger partial charge in [0.25, 0.3) is 3.57 Å². The van der Waals surface area contributed by atoms with Crippen molar-refractivity contribution in [3.8, 4) is 0 Å². The van der Waals surface area contributed by atoms with E-state index in [-0.39, 0.29) is 0 Å². The van der Waals surface area contributed by atoms with Gasteiger partial charge in [0.05, 0.1) is 0 Å². The molecule has 0 spiro atoms.